The fourth-order valence-electron chi connectivity index (χ4n) is 1.90. The summed E-state index contributed by atoms with van der Waals surface area (Å²) in [6, 6.07) is 2.72. The molecule has 4 heteroatoms. The highest BCUT2D eigenvalue weighted by Gasteiger charge is 2.29. The molecule has 1 saturated carbocycles. The van der Waals surface area contributed by atoms with Gasteiger partial charge in [0.2, 0.25) is 5.95 Å². The van der Waals surface area contributed by atoms with Crippen molar-refractivity contribution in [1.29, 1.82) is 0 Å². The Balaban J connectivity index is 2.08. The standard InChI is InChI=1S/C13H22N4/c1-10(2)7-9-17(11-4-5-11)12-6-8-15-13(14-3)16-12/h6,8,10-11H,4-5,7,9H2,1-3H3,(H,14,15,16). The molecule has 1 aliphatic carbocycles. The highest BCUT2D eigenvalue weighted by atomic mass is 15.3. The first-order chi connectivity index (χ1) is 8.20. The second kappa shape index (κ2) is 5.34. The van der Waals surface area contributed by atoms with Crippen molar-refractivity contribution >= 4 is 11.8 Å². The molecule has 0 spiro atoms. The van der Waals surface area contributed by atoms with Crippen molar-refractivity contribution in [2.45, 2.75) is 39.2 Å². The lowest BCUT2D eigenvalue weighted by atomic mass is 10.1. The van der Waals surface area contributed by atoms with Crippen molar-refractivity contribution < 1.29 is 0 Å². The summed E-state index contributed by atoms with van der Waals surface area (Å²) in [5, 5.41) is 3.00. The van der Waals surface area contributed by atoms with Crippen LogP contribution in [0.4, 0.5) is 11.8 Å². The molecule has 4 nitrogen and oxygen atoms in total. The van der Waals surface area contributed by atoms with Gasteiger partial charge in [0, 0.05) is 25.8 Å². The van der Waals surface area contributed by atoms with E-state index in [1.54, 1.807) is 0 Å². The van der Waals surface area contributed by atoms with E-state index in [0.717, 1.165) is 18.3 Å². The van der Waals surface area contributed by atoms with Crippen LogP contribution in [0.15, 0.2) is 12.3 Å². The van der Waals surface area contributed by atoms with Gasteiger partial charge < -0.3 is 10.2 Å². The van der Waals surface area contributed by atoms with Gasteiger partial charge in [0.15, 0.2) is 0 Å². The largest absolute Gasteiger partial charge is 0.357 e. The van der Waals surface area contributed by atoms with Gasteiger partial charge in [-0.15, -0.1) is 0 Å². The maximum absolute atomic E-state index is 4.53. The summed E-state index contributed by atoms with van der Waals surface area (Å²) in [7, 11) is 1.86. The summed E-state index contributed by atoms with van der Waals surface area (Å²) in [6.07, 6.45) is 5.66. The van der Waals surface area contributed by atoms with Gasteiger partial charge in [0.1, 0.15) is 5.82 Å². The van der Waals surface area contributed by atoms with Crippen LogP contribution in [-0.2, 0) is 0 Å². The smallest absolute Gasteiger partial charge is 0.224 e. The first kappa shape index (κ1) is 12.1. The third-order valence-corrected chi connectivity index (χ3v) is 3.09. The molecule has 1 fully saturated rings. The van der Waals surface area contributed by atoms with Crippen molar-refractivity contribution in [2.75, 3.05) is 23.8 Å². The lowest BCUT2D eigenvalue weighted by Crippen LogP contribution is -2.28. The minimum atomic E-state index is 0.702. The Morgan fingerprint density at radius 3 is 2.82 bits per heavy atom. The van der Waals surface area contributed by atoms with Crippen molar-refractivity contribution in [2.24, 2.45) is 5.92 Å². The molecule has 1 aromatic rings. The zero-order valence-corrected chi connectivity index (χ0v) is 11.0. The number of nitrogens with one attached hydrogen (secondary N) is 1. The van der Waals surface area contributed by atoms with E-state index in [0.29, 0.717) is 12.0 Å². The van der Waals surface area contributed by atoms with Crippen molar-refractivity contribution in [1.82, 2.24) is 9.97 Å². The predicted octanol–water partition coefficient (Wildman–Crippen LogP) is 2.53. The van der Waals surface area contributed by atoms with E-state index < -0.39 is 0 Å². The average molecular weight is 234 g/mol. The zero-order valence-electron chi connectivity index (χ0n) is 11.0. The SMILES string of the molecule is CNc1nccc(N(CCC(C)C)C2CC2)n1. The molecule has 0 unspecified atom stereocenters. The maximum atomic E-state index is 4.53. The summed E-state index contributed by atoms with van der Waals surface area (Å²) >= 11 is 0. The van der Waals surface area contributed by atoms with Crippen LogP contribution >= 0.6 is 0 Å². The third kappa shape index (κ3) is 3.32. The van der Waals surface area contributed by atoms with E-state index in [1.807, 2.05) is 19.3 Å². The highest BCUT2D eigenvalue weighted by molar-refractivity contribution is 5.44. The Kier molecular flexibility index (Phi) is 3.82. The van der Waals surface area contributed by atoms with Crippen LogP contribution in [0.25, 0.3) is 0 Å². The van der Waals surface area contributed by atoms with E-state index in [1.165, 1.54) is 19.3 Å². The molecule has 17 heavy (non-hydrogen) atoms. The van der Waals surface area contributed by atoms with E-state index in [2.05, 4.69) is 34.0 Å². The summed E-state index contributed by atoms with van der Waals surface area (Å²) in [5.41, 5.74) is 0. The Morgan fingerprint density at radius 1 is 1.47 bits per heavy atom. The van der Waals surface area contributed by atoms with Gasteiger partial charge in [0.05, 0.1) is 0 Å². The van der Waals surface area contributed by atoms with Crippen LogP contribution < -0.4 is 10.2 Å². The molecule has 2 rings (SSSR count). The second-order valence-corrected chi connectivity index (χ2v) is 5.10. The molecule has 1 heterocycles. The fourth-order valence-corrected chi connectivity index (χ4v) is 1.90. The van der Waals surface area contributed by atoms with Gasteiger partial charge in [-0.05, 0) is 31.2 Å². The first-order valence-corrected chi connectivity index (χ1v) is 6.48. The predicted molar refractivity (Wildman–Crippen MR) is 71.4 cm³/mol. The molecule has 94 valence electrons. The minimum Gasteiger partial charge on any atom is -0.357 e. The van der Waals surface area contributed by atoms with E-state index in [9.17, 15) is 0 Å². The average Bonchev–Trinajstić information content (AvgIpc) is 3.14. The molecule has 0 aliphatic heterocycles. The summed E-state index contributed by atoms with van der Waals surface area (Å²) in [5.74, 6) is 2.51. The minimum absolute atomic E-state index is 0.702. The van der Waals surface area contributed by atoms with Crippen LogP contribution in [0.1, 0.15) is 33.1 Å². The highest BCUT2D eigenvalue weighted by Crippen LogP contribution is 2.31. The number of hydrogen-bond donors (Lipinski definition) is 1. The summed E-state index contributed by atoms with van der Waals surface area (Å²) in [6.45, 7) is 5.64. The number of anilines is 2. The molecular weight excluding hydrogens is 212 g/mol. The topological polar surface area (TPSA) is 41.1 Å². The van der Waals surface area contributed by atoms with Gasteiger partial charge in [-0.25, -0.2) is 4.98 Å². The van der Waals surface area contributed by atoms with E-state index in [4.69, 9.17) is 0 Å². The van der Waals surface area contributed by atoms with Crippen molar-refractivity contribution in [3.05, 3.63) is 12.3 Å². The molecular formula is C13H22N4. The van der Waals surface area contributed by atoms with Crippen LogP contribution in [-0.4, -0.2) is 29.6 Å². The van der Waals surface area contributed by atoms with Gasteiger partial charge >= 0.3 is 0 Å². The number of nitrogens with zero attached hydrogens (tertiary/aromatic N) is 3. The van der Waals surface area contributed by atoms with E-state index >= 15 is 0 Å². The molecule has 0 amide bonds. The maximum Gasteiger partial charge on any atom is 0.224 e. The van der Waals surface area contributed by atoms with Crippen LogP contribution in [0.5, 0.6) is 0 Å². The molecule has 0 saturated heterocycles. The van der Waals surface area contributed by atoms with Crippen LogP contribution in [0, 0.1) is 5.92 Å². The molecule has 1 aromatic heterocycles. The monoisotopic (exact) mass is 234 g/mol. The molecule has 0 aromatic carbocycles. The molecule has 1 aliphatic rings. The number of hydrogen-bond acceptors (Lipinski definition) is 4. The van der Waals surface area contributed by atoms with Crippen LogP contribution in [0.3, 0.4) is 0 Å². The second-order valence-electron chi connectivity index (χ2n) is 5.10. The number of aromatic nitrogens is 2. The molecule has 1 N–H and O–H groups in total. The first-order valence-electron chi connectivity index (χ1n) is 6.48. The Morgan fingerprint density at radius 2 is 2.24 bits per heavy atom. The summed E-state index contributed by atoms with van der Waals surface area (Å²) in [4.78, 5) is 11.1. The Labute approximate surface area is 103 Å². The lowest BCUT2D eigenvalue weighted by Gasteiger charge is -2.24. The fraction of sp³-hybridized carbons (Fsp3) is 0.692. The van der Waals surface area contributed by atoms with Gasteiger partial charge in [0.25, 0.3) is 0 Å². The van der Waals surface area contributed by atoms with Crippen LogP contribution in [0.2, 0.25) is 0 Å². The van der Waals surface area contributed by atoms with E-state index in [-0.39, 0.29) is 0 Å². The Hall–Kier alpha value is -1.32. The van der Waals surface area contributed by atoms with Gasteiger partial charge in [-0.1, -0.05) is 13.8 Å². The molecule has 0 radical (unpaired) electrons. The normalized spacial score (nSPS) is 15.1. The van der Waals surface area contributed by atoms with Gasteiger partial charge in [-0.2, -0.15) is 4.98 Å². The van der Waals surface area contributed by atoms with Crippen molar-refractivity contribution in [3.8, 4) is 0 Å². The summed E-state index contributed by atoms with van der Waals surface area (Å²) < 4.78 is 0. The third-order valence-electron chi connectivity index (χ3n) is 3.09. The molecule has 0 bridgehead atoms. The quantitative estimate of drug-likeness (QED) is 0.821. The zero-order chi connectivity index (χ0) is 12.3. The number of rotatable bonds is 6. The lowest BCUT2D eigenvalue weighted by molar-refractivity contribution is 0.568. The van der Waals surface area contributed by atoms with Crippen molar-refractivity contribution in [3.63, 3.8) is 0 Å². The van der Waals surface area contributed by atoms with Gasteiger partial charge in [-0.3, -0.25) is 0 Å². The Bertz CT molecular complexity index is 360. The molecule has 0 atom stereocenters.